The van der Waals surface area contributed by atoms with E-state index < -0.39 is 0 Å². The Bertz CT molecular complexity index is 340. The summed E-state index contributed by atoms with van der Waals surface area (Å²) in [6.45, 7) is 5.48. The fourth-order valence-electron chi connectivity index (χ4n) is 1.53. The van der Waals surface area contributed by atoms with Gasteiger partial charge in [0.1, 0.15) is 0 Å². The summed E-state index contributed by atoms with van der Waals surface area (Å²) in [6, 6.07) is 2.26. The first-order valence-electron chi connectivity index (χ1n) is 6.13. The van der Waals surface area contributed by atoms with Crippen LogP contribution in [-0.4, -0.2) is 48.5 Å². The van der Waals surface area contributed by atoms with Gasteiger partial charge < -0.3 is 15.4 Å². The fraction of sp³-hybridized carbons (Fsp3) is 0.667. The van der Waals surface area contributed by atoms with Crippen molar-refractivity contribution < 1.29 is 9.53 Å². The maximum atomic E-state index is 11.5. The third-order valence-electron chi connectivity index (χ3n) is 2.88. The number of ether oxygens (including phenoxy) is 1. The van der Waals surface area contributed by atoms with Crippen LogP contribution in [0.1, 0.15) is 19.9 Å². The number of amides is 1. The van der Waals surface area contributed by atoms with Gasteiger partial charge in [-0.1, -0.05) is 0 Å². The largest absolute Gasteiger partial charge is 0.383 e. The lowest BCUT2D eigenvalue weighted by molar-refractivity contribution is -0.120. The highest BCUT2D eigenvalue weighted by molar-refractivity contribution is 5.77. The second-order valence-electron chi connectivity index (χ2n) is 4.24. The molecule has 0 saturated heterocycles. The van der Waals surface area contributed by atoms with E-state index in [1.54, 1.807) is 13.3 Å². The normalized spacial score (nSPS) is 14.2. The zero-order valence-corrected chi connectivity index (χ0v) is 11.2. The Morgan fingerprint density at radius 3 is 2.89 bits per heavy atom. The van der Waals surface area contributed by atoms with Crippen LogP contribution >= 0.6 is 0 Å². The molecule has 1 amide bonds. The topological polar surface area (TPSA) is 68.2 Å². The number of hydrogen-bond acceptors (Lipinski definition) is 4. The number of carbonyl (C=O) groups is 1. The number of nitrogens with zero attached hydrogens (tertiary/aromatic N) is 2. The van der Waals surface area contributed by atoms with Gasteiger partial charge in [-0.3, -0.25) is 9.48 Å². The molecule has 6 nitrogen and oxygen atoms in total. The molecule has 1 rings (SSSR count). The first-order chi connectivity index (χ1) is 8.65. The molecule has 6 heteroatoms. The Labute approximate surface area is 108 Å². The standard InChI is InChI=1S/C12H22N4O2/c1-10(11(2)16-7-4-5-15-16)14-9-12(17)13-6-8-18-3/h4-5,7,10-11,14H,6,8-9H2,1-3H3,(H,13,17). The molecule has 0 aromatic carbocycles. The molecule has 0 aliphatic carbocycles. The molecule has 0 saturated carbocycles. The van der Waals surface area contributed by atoms with Crippen molar-refractivity contribution in [3.8, 4) is 0 Å². The smallest absolute Gasteiger partial charge is 0.234 e. The zero-order valence-electron chi connectivity index (χ0n) is 11.2. The van der Waals surface area contributed by atoms with Gasteiger partial charge in [-0.05, 0) is 19.9 Å². The van der Waals surface area contributed by atoms with Crippen molar-refractivity contribution in [3.63, 3.8) is 0 Å². The molecule has 0 fully saturated rings. The molecule has 1 aromatic rings. The maximum Gasteiger partial charge on any atom is 0.234 e. The Morgan fingerprint density at radius 1 is 1.50 bits per heavy atom. The van der Waals surface area contributed by atoms with Crippen LogP contribution < -0.4 is 10.6 Å². The van der Waals surface area contributed by atoms with Gasteiger partial charge in [-0.25, -0.2) is 0 Å². The third-order valence-corrected chi connectivity index (χ3v) is 2.88. The first-order valence-corrected chi connectivity index (χ1v) is 6.13. The van der Waals surface area contributed by atoms with Crippen LogP contribution in [-0.2, 0) is 9.53 Å². The Balaban J connectivity index is 2.24. The Kier molecular flexibility index (Phi) is 6.38. The lowest BCUT2D eigenvalue weighted by atomic mass is 10.2. The highest BCUT2D eigenvalue weighted by Gasteiger charge is 2.14. The minimum absolute atomic E-state index is 0.0217. The van der Waals surface area contributed by atoms with Crippen molar-refractivity contribution in [1.29, 1.82) is 0 Å². The molecule has 2 N–H and O–H groups in total. The molecule has 2 unspecified atom stereocenters. The monoisotopic (exact) mass is 254 g/mol. The van der Waals surface area contributed by atoms with Crippen LogP contribution in [0.5, 0.6) is 0 Å². The molecule has 0 bridgehead atoms. The van der Waals surface area contributed by atoms with Crippen molar-refractivity contribution in [1.82, 2.24) is 20.4 Å². The Morgan fingerprint density at radius 2 is 2.28 bits per heavy atom. The van der Waals surface area contributed by atoms with Crippen LogP contribution in [0.4, 0.5) is 0 Å². The van der Waals surface area contributed by atoms with Gasteiger partial charge in [0.05, 0.1) is 19.2 Å². The molecule has 0 aliphatic rings. The van der Waals surface area contributed by atoms with Crippen LogP contribution in [0.2, 0.25) is 0 Å². The minimum atomic E-state index is -0.0217. The van der Waals surface area contributed by atoms with Crippen molar-refractivity contribution in [3.05, 3.63) is 18.5 Å². The van der Waals surface area contributed by atoms with Crippen LogP contribution in [0, 0.1) is 0 Å². The summed E-state index contributed by atoms with van der Waals surface area (Å²) in [5, 5.41) is 10.1. The van der Waals surface area contributed by atoms with Crippen molar-refractivity contribution in [2.75, 3.05) is 26.8 Å². The highest BCUT2D eigenvalue weighted by Crippen LogP contribution is 2.08. The van der Waals surface area contributed by atoms with E-state index in [1.165, 1.54) is 0 Å². The number of nitrogens with one attached hydrogen (secondary N) is 2. The third kappa shape index (κ3) is 4.85. The molecule has 1 aromatic heterocycles. The molecular formula is C12H22N4O2. The van der Waals surface area contributed by atoms with E-state index in [0.717, 1.165) is 0 Å². The summed E-state index contributed by atoms with van der Waals surface area (Å²) in [7, 11) is 1.61. The van der Waals surface area contributed by atoms with E-state index in [-0.39, 0.29) is 18.0 Å². The summed E-state index contributed by atoms with van der Waals surface area (Å²) in [5.74, 6) is -0.0217. The molecule has 1 heterocycles. The van der Waals surface area contributed by atoms with Gasteiger partial charge in [-0.15, -0.1) is 0 Å². The van der Waals surface area contributed by atoms with E-state index in [1.807, 2.05) is 23.9 Å². The van der Waals surface area contributed by atoms with Crippen molar-refractivity contribution in [2.24, 2.45) is 0 Å². The molecule has 2 atom stereocenters. The van der Waals surface area contributed by atoms with Crippen molar-refractivity contribution in [2.45, 2.75) is 25.9 Å². The van der Waals surface area contributed by atoms with Gasteiger partial charge in [0, 0.05) is 32.1 Å². The number of methoxy groups -OCH3 is 1. The molecule has 0 aliphatic heterocycles. The Hall–Kier alpha value is -1.40. The van der Waals surface area contributed by atoms with E-state index in [2.05, 4.69) is 22.7 Å². The second-order valence-corrected chi connectivity index (χ2v) is 4.24. The summed E-state index contributed by atoms with van der Waals surface area (Å²) >= 11 is 0. The number of aromatic nitrogens is 2. The van der Waals surface area contributed by atoms with Crippen LogP contribution in [0.3, 0.4) is 0 Å². The number of carbonyl (C=O) groups excluding carboxylic acids is 1. The summed E-state index contributed by atoms with van der Waals surface area (Å²) in [6.07, 6.45) is 3.67. The molecule has 18 heavy (non-hydrogen) atoms. The van der Waals surface area contributed by atoms with E-state index in [0.29, 0.717) is 19.7 Å². The molecule has 102 valence electrons. The van der Waals surface area contributed by atoms with E-state index >= 15 is 0 Å². The van der Waals surface area contributed by atoms with Gasteiger partial charge in [0.2, 0.25) is 5.91 Å². The van der Waals surface area contributed by atoms with Gasteiger partial charge in [0.25, 0.3) is 0 Å². The van der Waals surface area contributed by atoms with Gasteiger partial charge in [-0.2, -0.15) is 5.10 Å². The number of hydrogen-bond donors (Lipinski definition) is 2. The van der Waals surface area contributed by atoms with Crippen LogP contribution in [0.15, 0.2) is 18.5 Å². The lowest BCUT2D eigenvalue weighted by Crippen LogP contribution is -2.41. The minimum Gasteiger partial charge on any atom is -0.383 e. The molecule has 0 radical (unpaired) electrons. The van der Waals surface area contributed by atoms with Gasteiger partial charge in [0.15, 0.2) is 0 Å². The molecule has 0 spiro atoms. The average Bonchev–Trinajstić information content (AvgIpc) is 2.89. The quantitative estimate of drug-likeness (QED) is 0.650. The second kappa shape index (κ2) is 7.84. The predicted octanol–water partition coefficient (Wildman–Crippen LogP) is 0.185. The lowest BCUT2D eigenvalue weighted by Gasteiger charge is -2.21. The zero-order chi connectivity index (χ0) is 13.4. The average molecular weight is 254 g/mol. The van der Waals surface area contributed by atoms with E-state index in [9.17, 15) is 4.79 Å². The van der Waals surface area contributed by atoms with Gasteiger partial charge >= 0.3 is 0 Å². The van der Waals surface area contributed by atoms with Crippen LogP contribution in [0.25, 0.3) is 0 Å². The van der Waals surface area contributed by atoms with E-state index in [4.69, 9.17) is 4.74 Å². The summed E-state index contributed by atoms with van der Waals surface area (Å²) in [5.41, 5.74) is 0. The molecular weight excluding hydrogens is 232 g/mol. The fourth-order valence-corrected chi connectivity index (χ4v) is 1.53. The first kappa shape index (κ1) is 14.7. The number of rotatable bonds is 8. The highest BCUT2D eigenvalue weighted by atomic mass is 16.5. The summed E-state index contributed by atoms with van der Waals surface area (Å²) < 4.78 is 6.73. The SMILES string of the molecule is COCCNC(=O)CNC(C)C(C)n1cccn1. The van der Waals surface area contributed by atoms with Crippen molar-refractivity contribution >= 4 is 5.91 Å². The predicted molar refractivity (Wildman–Crippen MR) is 69.3 cm³/mol. The summed E-state index contributed by atoms with van der Waals surface area (Å²) in [4.78, 5) is 11.5. The maximum absolute atomic E-state index is 11.5.